The van der Waals surface area contributed by atoms with E-state index in [1.165, 1.54) is 6.42 Å². The molecule has 0 aliphatic heterocycles. The minimum atomic E-state index is 0. The maximum absolute atomic E-state index is 3.68. The average Bonchev–Trinajstić information content (AvgIpc) is 1.61. The molecular formula is C7H14Mg. The van der Waals surface area contributed by atoms with E-state index in [1.54, 1.807) is 0 Å². The summed E-state index contributed by atoms with van der Waals surface area (Å²) in [5.41, 5.74) is 0. The molecule has 8 heavy (non-hydrogen) atoms. The molecule has 0 fully saturated rings. The smallest absolute Gasteiger partial charge is 0.358 e. The summed E-state index contributed by atoms with van der Waals surface area (Å²) in [7, 11) is 0. The molecule has 0 aromatic carbocycles. The third-order valence-electron chi connectivity index (χ3n) is 0.658. The summed E-state index contributed by atoms with van der Waals surface area (Å²) in [6.45, 7) is 7.25. The van der Waals surface area contributed by atoms with Crippen LogP contribution in [0.2, 0.25) is 0 Å². The van der Waals surface area contributed by atoms with Crippen LogP contribution in [0.1, 0.15) is 19.3 Å². The Labute approximate surface area is 69.5 Å². The fourth-order valence-corrected chi connectivity index (χ4v) is 0.289. The van der Waals surface area contributed by atoms with E-state index in [-0.39, 0.29) is 30.5 Å². The fraction of sp³-hybridized carbons (Fsp3) is 0.429. The SMILES string of the molecule is C=CCCC[CH2-].[CH3-].[Mg+2]. The largest absolute Gasteiger partial charge is 2.00 e. The molecule has 0 radical (unpaired) electrons. The van der Waals surface area contributed by atoms with Gasteiger partial charge in [-0.3, -0.25) is 0 Å². The van der Waals surface area contributed by atoms with Crippen molar-refractivity contribution in [2.24, 2.45) is 0 Å². The average molecular weight is 122 g/mol. The van der Waals surface area contributed by atoms with Crippen molar-refractivity contribution in [2.45, 2.75) is 19.3 Å². The van der Waals surface area contributed by atoms with Crippen molar-refractivity contribution < 1.29 is 0 Å². The van der Waals surface area contributed by atoms with E-state index in [1.807, 2.05) is 6.08 Å². The molecule has 0 aliphatic rings. The van der Waals surface area contributed by atoms with Gasteiger partial charge in [-0.25, -0.2) is 0 Å². The number of hydrogen-bond donors (Lipinski definition) is 0. The second-order valence-electron chi connectivity index (χ2n) is 1.28. The summed E-state index contributed by atoms with van der Waals surface area (Å²) in [6, 6.07) is 0. The topological polar surface area (TPSA) is 0 Å². The molecule has 0 rings (SSSR count). The Kier molecular flexibility index (Phi) is 30.9. The van der Waals surface area contributed by atoms with Crippen molar-refractivity contribution in [1.82, 2.24) is 0 Å². The Hall–Kier alpha value is 0.506. The zero-order valence-corrected chi connectivity index (χ0v) is 7.23. The van der Waals surface area contributed by atoms with Crippen LogP contribution in [0.5, 0.6) is 0 Å². The minimum Gasteiger partial charge on any atom is -0.358 e. The maximum atomic E-state index is 3.68. The van der Waals surface area contributed by atoms with Gasteiger partial charge in [0, 0.05) is 0 Å². The first-order valence-corrected chi connectivity index (χ1v) is 2.32. The van der Waals surface area contributed by atoms with E-state index < -0.39 is 0 Å². The zero-order chi connectivity index (χ0) is 4.83. The Bertz CT molecular complexity index is 33.4. The van der Waals surface area contributed by atoms with Crippen molar-refractivity contribution in [1.29, 1.82) is 0 Å². The van der Waals surface area contributed by atoms with Gasteiger partial charge >= 0.3 is 23.1 Å². The second kappa shape index (κ2) is 15.6. The predicted octanol–water partition coefficient (Wildman–Crippen LogP) is 2.25. The molecule has 0 bridgehead atoms. The van der Waals surface area contributed by atoms with Crippen LogP contribution in [0.15, 0.2) is 12.7 Å². The Morgan fingerprint density at radius 3 is 2.12 bits per heavy atom. The van der Waals surface area contributed by atoms with Gasteiger partial charge < -0.3 is 14.4 Å². The molecule has 0 aliphatic carbocycles. The van der Waals surface area contributed by atoms with Crippen LogP contribution < -0.4 is 0 Å². The quantitative estimate of drug-likeness (QED) is 0.233. The Morgan fingerprint density at radius 2 is 2.00 bits per heavy atom. The number of unbranched alkanes of at least 4 members (excludes halogenated alkanes) is 2. The van der Waals surface area contributed by atoms with Gasteiger partial charge in [-0.2, -0.15) is 6.42 Å². The minimum absolute atomic E-state index is 0. The van der Waals surface area contributed by atoms with Crippen LogP contribution in [0, 0.1) is 14.4 Å². The van der Waals surface area contributed by atoms with Crippen molar-refractivity contribution in [3.63, 3.8) is 0 Å². The van der Waals surface area contributed by atoms with Gasteiger partial charge in [0.25, 0.3) is 0 Å². The van der Waals surface area contributed by atoms with Crippen molar-refractivity contribution in [3.05, 3.63) is 27.0 Å². The number of allylic oxidation sites excluding steroid dienone is 1. The van der Waals surface area contributed by atoms with Crippen LogP contribution in [-0.4, -0.2) is 23.1 Å². The number of hydrogen-bond acceptors (Lipinski definition) is 0. The summed E-state index contributed by atoms with van der Waals surface area (Å²) < 4.78 is 0. The standard InChI is InChI=1S/C6H11.CH3.Mg/c1-3-5-6-4-2;;/h3H,1-2,4-6H2;1H3;/q2*-1;+2. The molecule has 0 N–H and O–H groups in total. The third kappa shape index (κ3) is 16.0. The Balaban J connectivity index is -0.000000125. The molecule has 44 valence electrons. The Morgan fingerprint density at radius 1 is 1.50 bits per heavy atom. The van der Waals surface area contributed by atoms with Crippen LogP contribution in [-0.2, 0) is 0 Å². The van der Waals surface area contributed by atoms with Crippen molar-refractivity contribution in [2.75, 3.05) is 0 Å². The summed E-state index contributed by atoms with van der Waals surface area (Å²) in [4.78, 5) is 0. The van der Waals surface area contributed by atoms with Crippen LogP contribution in [0.3, 0.4) is 0 Å². The van der Waals surface area contributed by atoms with E-state index in [2.05, 4.69) is 13.5 Å². The van der Waals surface area contributed by atoms with Crippen molar-refractivity contribution in [3.8, 4) is 0 Å². The number of rotatable bonds is 3. The molecule has 0 amide bonds. The van der Waals surface area contributed by atoms with E-state index in [9.17, 15) is 0 Å². The summed E-state index contributed by atoms with van der Waals surface area (Å²) >= 11 is 0. The molecule has 0 saturated heterocycles. The first-order chi connectivity index (χ1) is 2.91. The second-order valence-corrected chi connectivity index (χ2v) is 1.28. The van der Waals surface area contributed by atoms with Gasteiger partial charge in [0.2, 0.25) is 0 Å². The van der Waals surface area contributed by atoms with Crippen LogP contribution >= 0.6 is 0 Å². The molecule has 0 nitrogen and oxygen atoms in total. The summed E-state index contributed by atoms with van der Waals surface area (Å²) in [5, 5.41) is 0. The van der Waals surface area contributed by atoms with Gasteiger partial charge in [0.1, 0.15) is 0 Å². The molecule has 0 heterocycles. The predicted molar refractivity (Wildman–Crippen MR) is 41.6 cm³/mol. The van der Waals surface area contributed by atoms with E-state index >= 15 is 0 Å². The molecule has 0 unspecified atom stereocenters. The fourth-order valence-electron chi connectivity index (χ4n) is 0.289. The van der Waals surface area contributed by atoms with E-state index in [0.717, 1.165) is 12.8 Å². The summed E-state index contributed by atoms with van der Waals surface area (Å²) in [5.74, 6) is 0. The van der Waals surface area contributed by atoms with Gasteiger partial charge in [-0.15, -0.1) is 6.58 Å². The van der Waals surface area contributed by atoms with Crippen molar-refractivity contribution >= 4 is 23.1 Å². The molecular weight excluding hydrogens is 108 g/mol. The van der Waals surface area contributed by atoms with Gasteiger partial charge in [0.15, 0.2) is 0 Å². The van der Waals surface area contributed by atoms with Gasteiger partial charge in [-0.05, 0) is 6.42 Å². The van der Waals surface area contributed by atoms with Gasteiger partial charge in [-0.1, -0.05) is 12.5 Å². The molecule has 1 heteroatoms. The van der Waals surface area contributed by atoms with E-state index in [4.69, 9.17) is 0 Å². The van der Waals surface area contributed by atoms with Gasteiger partial charge in [0.05, 0.1) is 0 Å². The first kappa shape index (κ1) is 15.8. The first-order valence-electron chi connectivity index (χ1n) is 2.32. The normalized spacial score (nSPS) is 6.12. The van der Waals surface area contributed by atoms with E-state index in [0.29, 0.717) is 0 Å². The molecule has 0 spiro atoms. The maximum Gasteiger partial charge on any atom is 2.00 e. The molecule has 0 atom stereocenters. The monoisotopic (exact) mass is 122 g/mol. The third-order valence-corrected chi connectivity index (χ3v) is 0.658. The molecule has 0 aromatic heterocycles. The molecule has 0 saturated carbocycles. The van der Waals surface area contributed by atoms with Crippen LogP contribution in [0.4, 0.5) is 0 Å². The molecule has 0 aromatic rings. The zero-order valence-electron chi connectivity index (χ0n) is 5.82. The van der Waals surface area contributed by atoms with Crippen LogP contribution in [0.25, 0.3) is 0 Å². The summed E-state index contributed by atoms with van der Waals surface area (Å²) in [6.07, 6.45) is 5.25.